The molecule has 0 bridgehead atoms. The summed E-state index contributed by atoms with van der Waals surface area (Å²) in [5.74, 6) is 0.861. The van der Waals surface area contributed by atoms with Gasteiger partial charge >= 0.3 is 5.97 Å². The average Bonchev–Trinajstić information content (AvgIpc) is 2.79. The fourth-order valence-corrected chi connectivity index (χ4v) is 3.68. The molecule has 1 fully saturated rings. The molecule has 1 heterocycles. The van der Waals surface area contributed by atoms with E-state index >= 15 is 0 Å². The van der Waals surface area contributed by atoms with Gasteiger partial charge in [0.25, 0.3) is 0 Å². The van der Waals surface area contributed by atoms with E-state index in [0.717, 1.165) is 25.9 Å². The van der Waals surface area contributed by atoms with E-state index in [0.29, 0.717) is 34.9 Å². The molecule has 33 heavy (non-hydrogen) atoms. The molecule has 1 aliphatic heterocycles. The van der Waals surface area contributed by atoms with E-state index in [1.165, 1.54) is 7.11 Å². The van der Waals surface area contributed by atoms with Crippen molar-refractivity contribution in [3.8, 4) is 11.5 Å². The Kier molecular flexibility index (Phi) is 9.81. The van der Waals surface area contributed by atoms with Crippen molar-refractivity contribution in [3.05, 3.63) is 53.6 Å². The van der Waals surface area contributed by atoms with Gasteiger partial charge in [-0.2, -0.15) is 0 Å². The summed E-state index contributed by atoms with van der Waals surface area (Å²) < 4.78 is 17.1. The number of carbonyl (C=O) groups excluding carboxylic acids is 1. The van der Waals surface area contributed by atoms with E-state index in [2.05, 4.69) is 17.3 Å². The molecule has 0 amide bonds. The van der Waals surface area contributed by atoms with E-state index in [9.17, 15) is 4.79 Å². The van der Waals surface area contributed by atoms with Gasteiger partial charge in [-0.25, -0.2) is 4.79 Å². The summed E-state index contributed by atoms with van der Waals surface area (Å²) in [6.45, 7) is 4.40. The first-order valence-electron chi connectivity index (χ1n) is 10.8. The standard InChI is InChI=1S/C24H32N4O4.ClH/c1-4-31-20-13-17(14-21(15-20)32-19-9-11-28(2)12-10-19)22(24(29)30-3)27-18-7-5-16(6-8-18)23(25)26;/h5-8,13-15,19,22,27H,4,9-12H2,1-3H3,(H3,25,26);1H. The number of piperidine rings is 1. The van der Waals surface area contributed by atoms with Gasteiger partial charge in [-0.3, -0.25) is 5.41 Å². The number of hydrogen-bond donors (Lipinski definition) is 3. The Morgan fingerprint density at radius 1 is 1.18 bits per heavy atom. The Balaban J connectivity index is 0.00000385. The van der Waals surface area contributed by atoms with Crippen LogP contribution in [-0.2, 0) is 9.53 Å². The first kappa shape index (κ1) is 26.3. The number of nitrogens with two attached hydrogens (primary N) is 1. The minimum atomic E-state index is -0.761. The zero-order chi connectivity index (χ0) is 23.1. The van der Waals surface area contributed by atoms with Crippen LogP contribution in [0, 0.1) is 5.41 Å². The van der Waals surface area contributed by atoms with E-state index in [4.69, 9.17) is 25.4 Å². The highest BCUT2D eigenvalue weighted by molar-refractivity contribution is 5.95. The molecule has 3 rings (SSSR count). The second-order valence-electron chi connectivity index (χ2n) is 7.88. The van der Waals surface area contributed by atoms with Crippen molar-refractivity contribution in [2.45, 2.75) is 31.9 Å². The zero-order valence-electron chi connectivity index (χ0n) is 19.3. The van der Waals surface area contributed by atoms with Crippen molar-refractivity contribution in [2.75, 3.05) is 39.2 Å². The van der Waals surface area contributed by atoms with Gasteiger partial charge in [0.1, 0.15) is 23.4 Å². The predicted octanol–water partition coefficient (Wildman–Crippen LogP) is 3.59. The Labute approximate surface area is 201 Å². The summed E-state index contributed by atoms with van der Waals surface area (Å²) in [5, 5.41) is 10.8. The number of amidine groups is 1. The minimum Gasteiger partial charge on any atom is -0.494 e. The molecule has 0 radical (unpaired) electrons. The third kappa shape index (κ3) is 7.27. The van der Waals surface area contributed by atoms with Crippen molar-refractivity contribution in [1.82, 2.24) is 4.90 Å². The number of likely N-dealkylation sites (tertiary alicyclic amines) is 1. The second kappa shape index (κ2) is 12.3. The number of nitrogens with one attached hydrogen (secondary N) is 2. The minimum absolute atomic E-state index is 0. The number of esters is 1. The molecule has 2 aromatic carbocycles. The molecule has 1 saturated heterocycles. The summed E-state index contributed by atoms with van der Waals surface area (Å²) in [6.07, 6.45) is 2.03. The molecule has 1 unspecified atom stereocenters. The number of benzene rings is 2. The van der Waals surface area contributed by atoms with Gasteiger partial charge in [0.05, 0.1) is 13.7 Å². The van der Waals surface area contributed by atoms with Gasteiger partial charge in [-0.1, -0.05) is 0 Å². The van der Waals surface area contributed by atoms with Crippen LogP contribution in [-0.4, -0.2) is 56.7 Å². The lowest BCUT2D eigenvalue weighted by atomic mass is 10.0. The summed E-state index contributed by atoms with van der Waals surface area (Å²) in [5.41, 5.74) is 7.52. The number of hydrogen-bond acceptors (Lipinski definition) is 7. The third-order valence-corrected chi connectivity index (χ3v) is 5.46. The first-order chi connectivity index (χ1) is 15.4. The smallest absolute Gasteiger partial charge is 0.332 e. The lowest BCUT2D eigenvalue weighted by Gasteiger charge is -2.29. The van der Waals surface area contributed by atoms with E-state index < -0.39 is 12.0 Å². The molecule has 2 aromatic rings. The zero-order valence-corrected chi connectivity index (χ0v) is 20.1. The van der Waals surface area contributed by atoms with Gasteiger partial charge in [0.15, 0.2) is 6.04 Å². The third-order valence-electron chi connectivity index (χ3n) is 5.46. The number of anilines is 1. The maximum Gasteiger partial charge on any atom is 0.332 e. The highest BCUT2D eigenvalue weighted by Gasteiger charge is 2.24. The predicted molar refractivity (Wildman–Crippen MR) is 132 cm³/mol. The molecule has 0 aromatic heterocycles. The first-order valence-corrected chi connectivity index (χ1v) is 10.8. The van der Waals surface area contributed by atoms with Crippen molar-refractivity contribution < 1.29 is 19.0 Å². The number of carbonyl (C=O) groups is 1. The summed E-state index contributed by atoms with van der Waals surface area (Å²) in [6, 6.07) is 11.8. The van der Waals surface area contributed by atoms with Crippen LogP contribution in [0.4, 0.5) is 5.69 Å². The number of ether oxygens (including phenoxy) is 3. The van der Waals surface area contributed by atoms with E-state index in [1.807, 2.05) is 25.1 Å². The van der Waals surface area contributed by atoms with Gasteiger partial charge in [0, 0.05) is 30.4 Å². The van der Waals surface area contributed by atoms with Crippen LogP contribution in [0.5, 0.6) is 11.5 Å². The van der Waals surface area contributed by atoms with Gasteiger partial charge in [-0.05, 0) is 68.8 Å². The molecule has 0 spiro atoms. The van der Waals surface area contributed by atoms with Crippen LogP contribution >= 0.6 is 12.4 Å². The molecule has 8 nitrogen and oxygen atoms in total. The summed E-state index contributed by atoms with van der Waals surface area (Å²) in [4.78, 5) is 15.0. The van der Waals surface area contributed by atoms with Gasteiger partial charge < -0.3 is 30.2 Å². The largest absolute Gasteiger partial charge is 0.494 e. The normalized spacial score (nSPS) is 15.1. The topological polar surface area (TPSA) is 110 Å². The number of halogens is 1. The lowest BCUT2D eigenvalue weighted by Crippen LogP contribution is -2.35. The van der Waals surface area contributed by atoms with Crippen molar-refractivity contribution in [1.29, 1.82) is 5.41 Å². The maximum absolute atomic E-state index is 12.7. The maximum atomic E-state index is 12.7. The second-order valence-corrected chi connectivity index (χ2v) is 7.88. The van der Waals surface area contributed by atoms with E-state index in [-0.39, 0.29) is 24.3 Å². The van der Waals surface area contributed by atoms with Crippen LogP contribution in [0.15, 0.2) is 42.5 Å². The monoisotopic (exact) mass is 476 g/mol. The molecule has 1 aliphatic rings. The molecule has 0 saturated carbocycles. The van der Waals surface area contributed by atoms with Crippen LogP contribution < -0.4 is 20.5 Å². The average molecular weight is 477 g/mol. The quantitative estimate of drug-likeness (QED) is 0.288. The van der Waals surface area contributed by atoms with Crippen LogP contribution in [0.1, 0.15) is 36.9 Å². The summed E-state index contributed by atoms with van der Waals surface area (Å²) in [7, 11) is 3.47. The molecular weight excluding hydrogens is 444 g/mol. The SMILES string of the molecule is CCOc1cc(OC2CCN(C)CC2)cc(C(Nc2ccc(C(=N)N)cc2)C(=O)OC)c1.Cl. The molecule has 180 valence electrons. The van der Waals surface area contributed by atoms with Crippen LogP contribution in [0.25, 0.3) is 0 Å². The van der Waals surface area contributed by atoms with Gasteiger partial charge in [-0.15, -0.1) is 12.4 Å². The van der Waals surface area contributed by atoms with Crippen molar-refractivity contribution in [2.24, 2.45) is 5.73 Å². The van der Waals surface area contributed by atoms with Crippen LogP contribution in [0.3, 0.4) is 0 Å². The Bertz CT molecular complexity index is 931. The highest BCUT2D eigenvalue weighted by atomic mass is 35.5. The number of nitrogens with zero attached hydrogens (tertiary/aromatic N) is 1. The number of rotatable bonds is 9. The van der Waals surface area contributed by atoms with Gasteiger partial charge in [0.2, 0.25) is 0 Å². The summed E-state index contributed by atoms with van der Waals surface area (Å²) >= 11 is 0. The number of methoxy groups -OCH3 is 1. The van der Waals surface area contributed by atoms with Crippen LogP contribution in [0.2, 0.25) is 0 Å². The van der Waals surface area contributed by atoms with E-state index in [1.54, 1.807) is 24.3 Å². The molecule has 0 aliphatic carbocycles. The Hall–Kier alpha value is -2.97. The van der Waals surface area contributed by atoms with Crippen molar-refractivity contribution >= 4 is 29.9 Å². The Morgan fingerprint density at radius 3 is 2.39 bits per heavy atom. The molecule has 1 atom stereocenters. The fraction of sp³-hybridized carbons (Fsp3) is 0.417. The molecular formula is C24H33ClN4O4. The highest BCUT2D eigenvalue weighted by Crippen LogP contribution is 2.31. The molecule has 4 N–H and O–H groups in total. The Morgan fingerprint density at radius 2 is 1.82 bits per heavy atom. The number of nitrogen functional groups attached to an aromatic ring is 1. The molecule has 9 heteroatoms. The fourth-order valence-electron chi connectivity index (χ4n) is 3.68. The van der Waals surface area contributed by atoms with Crippen molar-refractivity contribution in [3.63, 3.8) is 0 Å². The lowest BCUT2D eigenvalue weighted by molar-refractivity contribution is -0.141.